The third kappa shape index (κ3) is 5.52. The van der Waals surface area contributed by atoms with Crippen LogP contribution in [0, 0.1) is 0 Å². The molecule has 0 radical (unpaired) electrons. The molecule has 2 aromatic carbocycles. The van der Waals surface area contributed by atoms with Gasteiger partial charge in [0.1, 0.15) is 5.75 Å². The summed E-state index contributed by atoms with van der Waals surface area (Å²) in [6.07, 6.45) is 1.12. The zero-order chi connectivity index (χ0) is 18.6. The van der Waals surface area contributed by atoms with E-state index in [1.807, 2.05) is 0 Å². The van der Waals surface area contributed by atoms with Crippen molar-refractivity contribution < 1.29 is 17.9 Å². The van der Waals surface area contributed by atoms with Gasteiger partial charge in [0.05, 0.1) is 22.0 Å². The molecule has 0 aliphatic heterocycles. The number of benzene rings is 2. The molecule has 0 unspecified atom stereocenters. The average Bonchev–Trinajstić information content (AvgIpc) is 2.55. The number of carbonyl (C=O) groups is 1. The molecule has 0 heterocycles. The Balaban J connectivity index is 1.92. The molecule has 2 rings (SSSR count). The molecule has 0 saturated heterocycles. The molecule has 0 fully saturated rings. The lowest BCUT2D eigenvalue weighted by Crippen LogP contribution is -2.24. The molecule has 0 aromatic heterocycles. The van der Waals surface area contributed by atoms with Gasteiger partial charge in [-0.3, -0.25) is 9.10 Å². The van der Waals surface area contributed by atoms with Crippen LogP contribution >= 0.6 is 23.2 Å². The van der Waals surface area contributed by atoms with Gasteiger partial charge in [0.2, 0.25) is 10.0 Å². The highest BCUT2D eigenvalue weighted by atomic mass is 35.5. The Morgan fingerprint density at radius 1 is 1.12 bits per heavy atom. The Bertz CT molecular complexity index is 870. The molecule has 0 bridgehead atoms. The van der Waals surface area contributed by atoms with Gasteiger partial charge in [-0.1, -0.05) is 23.2 Å². The Morgan fingerprint density at radius 3 is 2.32 bits per heavy atom. The highest BCUT2D eigenvalue weighted by molar-refractivity contribution is 7.92. The minimum Gasteiger partial charge on any atom is -0.484 e. The number of anilines is 2. The largest absolute Gasteiger partial charge is 0.484 e. The normalized spacial score (nSPS) is 11.0. The number of nitrogens with one attached hydrogen (secondary N) is 1. The summed E-state index contributed by atoms with van der Waals surface area (Å²) >= 11 is 11.7. The van der Waals surface area contributed by atoms with Gasteiger partial charge in [0.15, 0.2) is 6.61 Å². The molecular weight excluding hydrogens is 387 g/mol. The maximum atomic E-state index is 11.9. The topological polar surface area (TPSA) is 75.7 Å². The Kier molecular flexibility index (Phi) is 6.16. The lowest BCUT2D eigenvalue weighted by atomic mass is 10.3. The van der Waals surface area contributed by atoms with Crippen molar-refractivity contribution in [2.75, 3.05) is 29.5 Å². The number of carbonyl (C=O) groups excluding carboxylic acids is 1. The number of ether oxygens (including phenoxy) is 1. The van der Waals surface area contributed by atoms with Crippen molar-refractivity contribution in [2.45, 2.75) is 0 Å². The summed E-state index contributed by atoms with van der Waals surface area (Å²) in [6.45, 7) is -0.207. The fourth-order valence-electron chi connectivity index (χ4n) is 1.86. The summed E-state index contributed by atoms with van der Waals surface area (Å²) in [6, 6.07) is 11.1. The van der Waals surface area contributed by atoms with Gasteiger partial charge < -0.3 is 10.1 Å². The van der Waals surface area contributed by atoms with Crippen LogP contribution in [-0.4, -0.2) is 34.2 Å². The van der Waals surface area contributed by atoms with Crippen LogP contribution in [-0.2, 0) is 14.8 Å². The van der Waals surface area contributed by atoms with Crippen molar-refractivity contribution in [1.29, 1.82) is 0 Å². The van der Waals surface area contributed by atoms with Gasteiger partial charge in [-0.05, 0) is 42.5 Å². The van der Waals surface area contributed by atoms with Crippen LogP contribution in [0.1, 0.15) is 0 Å². The van der Waals surface area contributed by atoms with Crippen molar-refractivity contribution in [1.82, 2.24) is 0 Å². The Morgan fingerprint density at radius 2 is 1.76 bits per heavy atom. The summed E-state index contributed by atoms with van der Waals surface area (Å²) in [5.41, 5.74) is 1.00. The standard InChI is InChI=1S/C16H16Cl2N2O4S/c1-20(25(2,22)23)12-4-6-13(7-5-12)24-10-16(21)19-11-3-8-14(17)15(18)9-11/h3-9H,10H2,1-2H3,(H,19,21). The Hall–Kier alpha value is -1.96. The molecule has 0 spiro atoms. The second-order valence-electron chi connectivity index (χ2n) is 5.19. The van der Waals surface area contributed by atoms with E-state index in [0.717, 1.165) is 10.6 Å². The van der Waals surface area contributed by atoms with E-state index in [4.69, 9.17) is 27.9 Å². The lowest BCUT2D eigenvalue weighted by Gasteiger charge is -2.16. The number of sulfonamides is 1. The predicted molar refractivity (Wildman–Crippen MR) is 100 cm³/mol. The first-order valence-corrected chi connectivity index (χ1v) is 9.69. The number of halogens is 2. The van der Waals surface area contributed by atoms with Crippen LogP contribution in [0.4, 0.5) is 11.4 Å². The van der Waals surface area contributed by atoms with Crippen molar-refractivity contribution >= 4 is 50.5 Å². The fourth-order valence-corrected chi connectivity index (χ4v) is 2.67. The number of hydrogen-bond acceptors (Lipinski definition) is 4. The number of nitrogens with zero attached hydrogens (tertiary/aromatic N) is 1. The van der Waals surface area contributed by atoms with E-state index in [2.05, 4.69) is 5.32 Å². The molecule has 0 aliphatic rings. The summed E-state index contributed by atoms with van der Waals surface area (Å²) < 4.78 is 29.5. The van der Waals surface area contributed by atoms with Crippen LogP contribution in [0.5, 0.6) is 5.75 Å². The van der Waals surface area contributed by atoms with Gasteiger partial charge in [-0.15, -0.1) is 0 Å². The molecule has 1 N–H and O–H groups in total. The summed E-state index contributed by atoms with van der Waals surface area (Å²) in [5, 5.41) is 3.37. The summed E-state index contributed by atoms with van der Waals surface area (Å²) in [7, 11) is -1.87. The minimum absolute atomic E-state index is 0.207. The highest BCUT2D eigenvalue weighted by Gasteiger charge is 2.12. The fraction of sp³-hybridized carbons (Fsp3) is 0.188. The first-order valence-electron chi connectivity index (χ1n) is 7.08. The third-order valence-electron chi connectivity index (χ3n) is 3.27. The Labute approximate surface area is 156 Å². The van der Waals surface area contributed by atoms with E-state index in [1.54, 1.807) is 36.4 Å². The maximum Gasteiger partial charge on any atom is 0.262 e. The van der Waals surface area contributed by atoms with Crippen LogP contribution in [0.15, 0.2) is 42.5 Å². The minimum atomic E-state index is -3.33. The van der Waals surface area contributed by atoms with E-state index in [0.29, 0.717) is 27.2 Å². The maximum absolute atomic E-state index is 11.9. The van der Waals surface area contributed by atoms with E-state index in [1.165, 1.54) is 13.1 Å². The van der Waals surface area contributed by atoms with E-state index in [9.17, 15) is 13.2 Å². The summed E-state index contributed by atoms with van der Waals surface area (Å²) in [4.78, 5) is 11.9. The first kappa shape index (κ1) is 19.4. The van der Waals surface area contributed by atoms with Crippen LogP contribution in [0.25, 0.3) is 0 Å². The number of amides is 1. The molecule has 25 heavy (non-hydrogen) atoms. The van der Waals surface area contributed by atoms with Gasteiger partial charge >= 0.3 is 0 Å². The molecule has 9 heteroatoms. The third-order valence-corrected chi connectivity index (χ3v) is 5.22. The average molecular weight is 403 g/mol. The molecule has 1 amide bonds. The number of hydrogen-bond donors (Lipinski definition) is 1. The summed E-state index contributed by atoms with van der Waals surface area (Å²) in [5.74, 6) is 0.0747. The first-order chi connectivity index (χ1) is 11.7. The van der Waals surface area contributed by atoms with E-state index in [-0.39, 0.29) is 12.5 Å². The quantitative estimate of drug-likeness (QED) is 0.802. The molecule has 0 aliphatic carbocycles. The molecule has 0 atom stereocenters. The monoisotopic (exact) mass is 402 g/mol. The van der Waals surface area contributed by atoms with Crippen LogP contribution in [0.2, 0.25) is 10.0 Å². The van der Waals surface area contributed by atoms with Crippen molar-refractivity contribution in [3.8, 4) is 5.75 Å². The van der Waals surface area contributed by atoms with Crippen molar-refractivity contribution in [2.24, 2.45) is 0 Å². The SMILES string of the molecule is CN(c1ccc(OCC(=O)Nc2ccc(Cl)c(Cl)c2)cc1)S(C)(=O)=O. The predicted octanol–water partition coefficient (Wildman–Crippen LogP) is 3.41. The van der Waals surface area contributed by atoms with Crippen molar-refractivity contribution in [3.63, 3.8) is 0 Å². The smallest absolute Gasteiger partial charge is 0.262 e. The molecule has 6 nitrogen and oxygen atoms in total. The lowest BCUT2D eigenvalue weighted by molar-refractivity contribution is -0.118. The molecule has 134 valence electrons. The van der Waals surface area contributed by atoms with Gasteiger partial charge in [-0.25, -0.2) is 8.42 Å². The van der Waals surface area contributed by atoms with Crippen molar-refractivity contribution in [3.05, 3.63) is 52.5 Å². The van der Waals surface area contributed by atoms with Gasteiger partial charge in [-0.2, -0.15) is 0 Å². The van der Waals surface area contributed by atoms with Crippen LogP contribution in [0.3, 0.4) is 0 Å². The number of rotatable bonds is 6. The van der Waals surface area contributed by atoms with E-state index >= 15 is 0 Å². The van der Waals surface area contributed by atoms with E-state index < -0.39 is 10.0 Å². The van der Waals surface area contributed by atoms with Gasteiger partial charge in [0.25, 0.3) is 5.91 Å². The molecule has 0 saturated carbocycles. The highest BCUT2D eigenvalue weighted by Crippen LogP contribution is 2.25. The second-order valence-corrected chi connectivity index (χ2v) is 8.02. The molecular formula is C16H16Cl2N2O4S. The van der Waals surface area contributed by atoms with Crippen LogP contribution < -0.4 is 14.4 Å². The zero-order valence-corrected chi connectivity index (χ0v) is 15.8. The zero-order valence-electron chi connectivity index (χ0n) is 13.5. The second kappa shape index (κ2) is 7.95. The molecule has 2 aromatic rings. The van der Waals surface area contributed by atoms with Gasteiger partial charge in [0, 0.05) is 12.7 Å².